The third kappa shape index (κ3) is 6.04. The zero-order valence-corrected chi connectivity index (χ0v) is 20.8. The minimum Gasteiger partial charge on any atom is -0.368 e. The molecule has 0 aliphatic carbocycles. The quantitative estimate of drug-likeness (QED) is 0.430. The molecule has 0 unspecified atom stereocenters. The van der Waals surface area contributed by atoms with Gasteiger partial charge in [0, 0.05) is 31.9 Å². The molecule has 0 bridgehead atoms. The number of anilines is 2. The van der Waals surface area contributed by atoms with Crippen LogP contribution in [0.5, 0.6) is 0 Å². The Balaban J connectivity index is 1.51. The van der Waals surface area contributed by atoms with Crippen molar-refractivity contribution >= 4 is 27.3 Å². The molecular weight excluding hydrogens is 510 g/mol. The van der Waals surface area contributed by atoms with Crippen LogP contribution in [0.2, 0.25) is 0 Å². The molecule has 37 heavy (non-hydrogen) atoms. The van der Waals surface area contributed by atoms with Crippen molar-refractivity contribution in [3.63, 3.8) is 0 Å². The van der Waals surface area contributed by atoms with Crippen molar-refractivity contribution in [3.8, 4) is 0 Å². The number of carbonyl (C=O) groups excluding carboxylic acids is 1. The topological polar surface area (TPSA) is 60.9 Å². The number of hydrogen-bond donors (Lipinski definition) is 0. The average molecular weight is 536 g/mol. The summed E-state index contributed by atoms with van der Waals surface area (Å²) in [5.41, 5.74) is 0.650. The van der Waals surface area contributed by atoms with Gasteiger partial charge in [-0.05, 0) is 61.5 Å². The predicted molar refractivity (Wildman–Crippen MR) is 132 cm³/mol. The molecule has 3 aromatic carbocycles. The van der Waals surface area contributed by atoms with Crippen molar-refractivity contribution in [3.05, 3.63) is 89.7 Å². The second-order valence-electron chi connectivity index (χ2n) is 8.72. The van der Waals surface area contributed by atoms with E-state index in [4.69, 9.17) is 0 Å². The molecule has 1 aliphatic heterocycles. The molecule has 1 saturated heterocycles. The summed E-state index contributed by atoms with van der Waals surface area (Å²) in [5, 5.41) is 0. The van der Waals surface area contributed by atoms with E-state index in [0.717, 1.165) is 34.1 Å². The van der Waals surface area contributed by atoms with E-state index in [-0.39, 0.29) is 36.8 Å². The summed E-state index contributed by atoms with van der Waals surface area (Å²) < 4.78 is 80.6. The van der Waals surface area contributed by atoms with E-state index >= 15 is 0 Å². The number of carbonyl (C=O) groups is 1. The molecule has 1 aliphatic rings. The Hall–Kier alpha value is -3.60. The van der Waals surface area contributed by atoms with Gasteiger partial charge in [-0.2, -0.15) is 13.2 Å². The molecule has 0 spiro atoms. The molecule has 0 radical (unpaired) electrons. The summed E-state index contributed by atoms with van der Waals surface area (Å²) in [6.07, 6.45) is -4.46. The molecule has 1 fully saturated rings. The molecule has 0 aromatic heterocycles. The van der Waals surface area contributed by atoms with E-state index in [0.29, 0.717) is 5.69 Å². The Bertz CT molecular complexity index is 1350. The van der Waals surface area contributed by atoms with E-state index in [2.05, 4.69) is 0 Å². The number of piperazine rings is 1. The van der Waals surface area contributed by atoms with Crippen molar-refractivity contribution in [1.29, 1.82) is 0 Å². The lowest BCUT2D eigenvalue weighted by molar-refractivity contribution is -0.137. The average Bonchev–Trinajstić information content (AvgIpc) is 2.87. The lowest BCUT2D eigenvalue weighted by Crippen LogP contribution is -2.52. The molecule has 6 nitrogen and oxygen atoms in total. The fourth-order valence-electron chi connectivity index (χ4n) is 4.08. The van der Waals surface area contributed by atoms with Crippen molar-refractivity contribution < 1.29 is 30.8 Å². The van der Waals surface area contributed by atoms with Crippen LogP contribution >= 0.6 is 0 Å². The van der Waals surface area contributed by atoms with Crippen molar-refractivity contribution in [1.82, 2.24) is 4.90 Å². The Labute approximate surface area is 212 Å². The number of aryl methyl sites for hydroxylation is 1. The van der Waals surface area contributed by atoms with Gasteiger partial charge in [0.25, 0.3) is 10.0 Å². The summed E-state index contributed by atoms with van der Waals surface area (Å²) in [7, 11) is -4.14. The first-order chi connectivity index (χ1) is 17.4. The molecular formula is C26H25F4N3O3S. The Morgan fingerprint density at radius 1 is 0.919 bits per heavy atom. The van der Waals surface area contributed by atoms with Crippen LogP contribution in [-0.4, -0.2) is 51.9 Å². The van der Waals surface area contributed by atoms with Gasteiger partial charge in [0.05, 0.1) is 16.1 Å². The first-order valence-corrected chi connectivity index (χ1v) is 12.9. The van der Waals surface area contributed by atoms with Crippen LogP contribution in [0.1, 0.15) is 11.1 Å². The number of amides is 1. The maximum Gasteiger partial charge on any atom is 0.416 e. The lowest BCUT2D eigenvalue weighted by Gasteiger charge is -2.37. The van der Waals surface area contributed by atoms with Crippen LogP contribution in [0.3, 0.4) is 0 Å². The monoisotopic (exact) mass is 535 g/mol. The van der Waals surface area contributed by atoms with E-state index in [9.17, 15) is 30.8 Å². The molecule has 3 aromatic rings. The number of rotatable bonds is 6. The number of hydrogen-bond acceptors (Lipinski definition) is 4. The number of nitrogens with zero attached hydrogens (tertiary/aromatic N) is 3. The molecule has 196 valence electrons. The summed E-state index contributed by atoms with van der Waals surface area (Å²) in [4.78, 5) is 16.4. The van der Waals surface area contributed by atoms with Crippen molar-refractivity contribution in [2.75, 3.05) is 41.9 Å². The highest BCUT2D eigenvalue weighted by atomic mass is 32.2. The predicted octanol–water partition coefficient (Wildman–Crippen LogP) is 4.70. The largest absolute Gasteiger partial charge is 0.416 e. The first kappa shape index (κ1) is 26.5. The number of sulfonamides is 1. The highest BCUT2D eigenvalue weighted by Crippen LogP contribution is 2.32. The van der Waals surface area contributed by atoms with E-state index in [1.165, 1.54) is 35.2 Å². The second kappa shape index (κ2) is 10.4. The van der Waals surface area contributed by atoms with Crippen LogP contribution in [0.4, 0.5) is 28.9 Å². The van der Waals surface area contributed by atoms with E-state index < -0.39 is 40.0 Å². The number of benzene rings is 3. The van der Waals surface area contributed by atoms with Gasteiger partial charge in [0.15, 0.2) is 0 Å². The SMILES string of the molecule is Cc1ccc(S(=O)(=O)N(CC(=O)N2CCN(c3cccc(C(F)(F)F)c3)CC2)c2ccc(F)cc2)cc1. The van der Waals surface area contributed by atoms with Crippen LogP contribution in [0.25, 0.3) is 0 Å². The number of halogens is 4. The molecule has 0 saturated carbocycles. The highest BCUT2D eigenvalue weighted by molar-refractivity contribution is 7.92. The van der Waals surface area contributed by atoms with Crippen molar-refractivity contribution in [2.24, 2.45) is 0 Å². The van der Waals surface area contributed by atoms with E-state index in [1.54, 1.807) is 23.1 Å². The van der Waals surface area contributed by atoms with Gasteiger partial charge in [-0.3, -0.25) is 9.10 Å². The summed E-state index contributed by atoms with van der Waals surface area (Å²) in [6, 6.07) is 16.0. The fraction of sp³-hybridized carbons (Fsp3) is 0.269. The minimum absolute atomic E-state index is 0.00964. The van der Waals surface area contributed by atoms with Gasteiger partial charge >= 0.3 is 6.18 Å². The minimum atomic E-state index is -4.46. The van der Waals surface area contributed by atoms with E-state index in [1.807, 2.05) is 6.92 Å². The second-order valence-corrected chi connectivity index (χ2v) is 10.6. The standard InChI is InChI=1S/C26H25F4N3O3S/c1-19-5-11-24(12-6-19)37(35,36)33(22-9-7-21(27)8-10-22)18-25(34)32-15-13-31(14-16-32)23-4-2-3-20(17-23)26(28,29)30/h2-12,17H,13-16,18H2,1H3. The smallest absolute Gasteiger partial charge is 0.368 e. The third-order valence-electron chi connectivity index (χ3n) is 6.17. The maximum absolute atomic E-state index is 13.5. The van der Waals surface area contributed by atoms with Gasteiger partial charge < -0.3 is 9.80 Å². The molecule has 0 N–H and O–H groups in total. The van der Waals surface area contributed by atoms with Crippen LogP contribution in [-0.2, 0) is 21.0 Å². The van der Waals surface area contributed by atoms with Crippen LogP contribution in [0, 0.1) is 12.7 Å². The van der Waals surface area contributed by atoms with Gasteiger partial charge in [-0.1, -0.05) is 23.8 Å². The zero-order chi connectivity index (χ0) is 26.8. The summed E-state index contributed by atoms with van der Waals surface area (Å²) >= 11 is 0. The van der Waals surface area contributed by atoms with Crippen LogP contribution < -0.4 is 9.21 Å². The third-order valence-corrected chi connectivity index (χ3v) is 7.96. The van der Waals surface area contributed by atoms with Gasteiger partial charge in [-0.25, -0.2) is 12.8 Å². The Morgan fingerprint density at radius 3 is 2.14 bits per heavy atom. The van der Waals surface area contributed by atoms with Gasteiger partial charge in [0.1, 0.15) is 12.4 Å². The van der Waals surface area contributed by atoms with Crippen molar-refractivity contribution in [2.45, 2.75) is 18.0 Å². The Kier molecular flexibility index (Phi) is 7.44. The first-order valence-electron chi connectivity index (χ1n) is 11.5. The molecule has 0 atom stereocenters. The molecule has 4 rings (SSSR count). The van der Waals surface area contributed by atoms with Crippen LogP contribution in [0.15, 0.2) is 77.7 Å². The summed E-state index contributed by atoms with van der Waals surface area (Å²) in [5.74, 6) is -1.02. The Morgan fingerprint density at radius 2 is 1.54 bits per heavy atom. The normalized spacial score (nSPS) is 14.5. The molecule has 11 heteroatoms. The van der Waals surface area contributed by atoms with Gasteiger partial charge in [0.2, 0.25) is 5.91 Å². The van der Waals surface area contributed by atoms with Gasteiger partial charge in [-0.15, -0.1) is 0 Å². The fourth-order valence-corrected chi connectivity index (χ4v) is 5.49. The molecule has 1 amide bonds. The maximum atomic E-state index is 13.5. The summed E-state index contributed by atoms with van der Waals surface area (Å²) in [6.45, 7) is 2.29. The number of alkyl halides is 3. The zero-order valence-electron chi connectivity index (χ0n) is 20.0. The molecule has 1 heterocycles. The highest BCUT2D eigenvalue weighted by Gasteiger charge is 2.32. The lowest BCUT2D eigenvalue weighted by atomic mass is 10.1.